The van der Waals surface area contributed by atoms with Crippen LogP contribution in [0.15, 0.2) is 58.9 Å². The highest BCUT2D eigenvalue weighted by Gasteiger charge is 2.17. The van der Waals surface area contributed by atoms with E-state index in [9.17, 15) is 9.59 Å². The molecule has 3 aromatic rings. The number of carbonyl (C=O) groups is 2. The van der Waals surface area contributed by atoms with Crippen molar-refractivity contribution in [2.24, 2.45) is 0 Å². The minimum Gasteiger partial charge on any atom is -0.460 e. The lowest BCUT2D eigenvalue weighted by Crippen LogP contribution is -2.35. The van der Waals surface area contributed by atoms with E-state index in [0.29, 0.717) is 0 Å². The third-order valence-corrected chi connectivity index (χ3v) is 5.80. The molecule has 0 radical (unpaired) electrons. The van der Waals surface area contributed by atoms with Crippen LogP contribution in [0.4, 0.5) is 0 Å². The largest absolute Gasteiger partial charge is 0.460 e. The van der Waals surface area contributed by atoms with Gasteiger partial charge in [0.25, 0.3) is 0 Å². The summed E-state index contributed by atoms with van der Waals surface area (Å²) >= 11 is 2.94. The van der Waals surface area contributed by atoms with Crippen molar-refractivity contribution in [3.8, 4) is 0 Å². The molecule has 0 aliphatic carbocycles. The molecule has 0 spiro atoms. The quantitative estimate of drug-likeness (QED) is 0.496. The third kappa shape index (κ3) is 5.06. The second kappa shape index (κ2) is 8.82. The Bertz CT molecular complexity index is 863. The first-order valence-corrected chi connectivity index (χ1v) is 9.81. The summed E-state index contributed by atoms with van der Waals surface area (Å²) in [4.78, 5) is 28.4. The molecular formula is C19H18N2O3S2. The number of fused-ring (bicyclic) bond motifs is 1. The van der Waals surface area contributed by atoms with Gasteiger partial charge in [0.05, 0.1) is 15.5 Å². The van der Waals surface area contributed by atoms with E-state index < -0.39 is 5.97 Å². The third-order valence-electron chi connectivity index (χ3n) is 3.57. The number of para-hydroxylation sites is 1. The molecule has 0 fully saturated rings. The average molecular weight is 386 g/mol. The van der Waals surface area contributed by atoms with Gasteiger partial charge in [-0.05, 0) is 24.6 Å². The molecule has 0 saturated heterocycles. The topological polar surface area (TPSA) is 68.3 Å². The SMILES string of the molecule is CC(Sc1nc2ccccc2s1)C(=O)NCC(=O)OCc1ccccc1. The minimum atomic E-state index is -0.459. The summed E-state index contributed by atoms with van der Waals surface area (Å²) in [5.74, 6) is -0.676. The Hall–Kier alpha value is -2.38. The van der Waals surface area contributed by atoms with Gasteiger partial charge in [-0.1, -0.05) is 54.2 Å². The predicted molar refractivity (Wildman–Crippen MR) is 104 cm³/mol. The normalized spacial score (nSPS) is 11.9. The number of hydrogen-bond acceptors (Lipinski definition) is 6. The molecule has 7 heteroatoms. The summed E-state index contributed by atoms with van der Waals surface area (Å²) in [6.07, 6.45) is 0. The molecule has 26 heavy (non-hydrogen) atoms. The lowest BCUT2D eigenvalue weighted by atomic mass is 10.2. The average Bonchev–Trinajstić information content (AvgIpc) is 3.07. The Morgan fingerprint density at radius 1 is 1.15 bits per heavy atom. The number of nitrogens with one attached hydrogen (secondary N) is 1. The number of amides is 1. The van der Waals surface area contributed by atoms with E-state index >= 15 is 0 Å². The number of ether oxygens (including phenoxy) is 1. The fraction of sp³-hybridized carbons (Fsp3) is 0.211. The van der Waals surface area contributed by atoms with Crippen molar-refractivity contribution >= 4 is 45.2 Å². The Labute approximate surface area is 159 Å². The lowest BCUT2D eigenvalue weighted by molar-refractivity contribution is -0.145. The molecule has 0 bridgehead atoms. The molecule has 1 amide bonds. The predicted octanol–water partition coefficient (Wildman–Crippen LogP) is 3.64. The van der Waals surface area contributed by atoms with Crippen LogP contribution < -0.4 is 5.32 Å². The van der Waals surface area contributed by atoms with Crippen molar-refractivity contribution in [3.05, 3.63) is 60.2 Å². The van der Waals surface area contributed by atoms with E-state index in [1.54, 1.807) is 18.3 Å². The highest BCUT2D eigenvalue weighted by molar-refractivity contribution is 8.02. The number of rotatable bonds is 7. The summed E-state index contributed by atoms with van der Waals surface area (Å²) in [7, 11) is 0. The summed E-state index contributed by atoms with van der Waals surface area (Å²) in [6.45, 7) is 1.85. The van der Waals surface area contributed by atoms with Crippen molar-refractivity contribution in [1.29, 1.82) is 0 Å². The first-order chi connectivity index (χ1) is 12.6. The maximum Gasteiger partial charge on any atom is 0.325 e. The Morgan fingerprint density at radius 3 is 2.65 bits per heavy atom. The molecule has 0 aliphatic heterocycles. The minimum absolute atomic E-state index is 0.142. The van der Waals surface area contributed by atoms with Gasteiger partial charge in [-0.3, -0.25) is 9.59 Å². The maximum absolute atomic E-state index is 12.2. The number of hydrogen-bond donors (Lipinski definition) is 1. The van der Waals surface area contributed by atoms with E-state index in [2.05, 4.69) is 10.3 Å². The fourth-order valence-electron chi connectivity index (χ4n) is 2.20. The van der Waals surface area contributed by atoms with Crippen molar-refractivity contribution in [3.63, 3.8) is 0 Å². The zero-order valence-corrected chi connectivity index (χ0v) is 15.8. The molecule has 1 N–H and O–H groups in total. The van der Waals surface area contributed by atoms with Gasteiger partial charge in [0.1, 0.15) is 13.2 Å². The number of nitrogens with zero attached hydrogens (tertiary/aromatic N) is 1. The molecule has 0 aliphatic rings. The van der Waals surface area contributed by atoms with E-state index in [1.165, 1.54) is 11.8 Å². The van der Waals surface area contributed by atoms with Crippen LogP contribution >= 0.6 is 23.1 Å². The number of carbonyl (C=O) groups excluding carboxylic acids is 2. The lowest BCUT2D eigenvalue weighted by Gasteiger charge is -2.10. The van der Waals surface area contributed by atoms with Gasteiger partial charge in [-0.2, -0.15) is 0 Å². The summed E-state index contributed by atoms with van der Waals surface area (Å²) in [6, 6.07) is 17.3. The van der Waals surface area contributed by atoms with Gasteiger partial charge in [0, 0.05) is 0 Å². The number of esters is 1. The van der Waals surface area contributed by atoms with Gasteiger partial charge in [0.15, 0.2) is 4.34 Å². The maximum atomic E-state index is 12.2. The standard InChI is InChI=1S/C19H18N2O3S2/c1-13(25-19-21-15-9-5-6-10-16(15)26-19)18(23)20-11-17(22)24-12-14-7-3-2-4-8-14/h2-10,13H,11-12H2,1H3,(H,20,23). The van der Waals surface area contributed by atoms with Crippen LogP contribution in [0.2, 0.25) is 0 Å². The van der Waals surface area contributed by atoms with Gasteiger partial charge >= 0.3 is 5.97 Å². The second-order valence-electron chi connectivity index (χ2n) is 5.57. The van der Waals surface area contributed by atoms with Crippen molar-refractivity contribution in [2.45, 2.75) is 23.1 Å². The van der Waals surface area contributed by atoms with Crippen LogP contribution in [0.1, 0.15) is 12.5 Å². The van der Waals surface area contributed by atoms with Crippen LogP contribution in [0.25, 0.3) is 10.2 Å². The number of benzene rings is 2. The highest BCUT2D eigenvalue weighted by Crippen LogP contribution is 2.31. The Morgan fingerprint density at radius 2 is 1.88 bits per heavy atom. The molecule has 134 valence electrons. The van der Waals surface area contributed by atoms with Gasteiger partial charge in [-0.15, -0.1) is 11.3 Å². The first-order valence-electron chi connectivity index (χ1n) is 8.11. The molecule has 0 saturated carbocycles. The van der Waals surface area contributed by atoms with E-state index in [4.69, 9.17) is 4.74 Å². The molecule has 3 rings (SSSR count). The van der Waals surface area contributed by atoms with E-state index in [1.807, 2.05) is 54.6 Å². The summed E-state index contributed by atoms with van der Waals surface area (Å²) in [5, 5.41) is 2.27. The molecule has 1 unspecified atom stereocenters. The molecule has 1 heterocycles. The fourth-order valence-corrected chi connectivity index (χ4v) is 4.43. The van der Waals surface area contributed by atoms with Gasteiger partial charge in [0.2, 0.25) is 5.91 Å². The van der Waals surface area contributed by atoms with Crippen LogP contribution in [-0.2, 0) is 20.9 Å². The Kier molecular flexibility index (Phi) is 6.25. The number of thioether (sulfide) groups is 1. The Balaban J connectivity index is 1.44. The second-order valence-corrected chi connectivity index (χ2v) is 8.19. The van der Waals surface area contributed by atoms with Crippen LogP contribution in [-0.4, -0.2) is 28.7 Å². The molecule has 1 atom stereocenters. The zero-order chi connectivity index (χ0) is 18.4. The van der Waals surface area contributed by atoms with Gasteiger partial charge < -0.3 is 10.1 Å². The highest BCUT2D eigenvalue weighted by atomic mass is 32.2. The molecule has 1 aromatic heterocycles. The smallest absolute Gasteiger partial charge is 0.325 e. The van der Waals surface area contributed by atoms with E-state index in [0.717, 1.165) is 20.1 Å². The van der Waals surface area contributed by atoms with Gasteiger partial charge in [-0.25, -0.2) is 4.98 Å². The molecule has 5 nitrogen and oxygen atoms in total. The van der Waals surface area contributed by atoms with Crippen molar-refractivity contribution in [1.82, 2.24) is 10.3 Å². The summed E-state index contributed by atoms with van der Waals surface area (Å²) in [5.41, 5.74) is 1.84. The molecular weight excluding hydrogens is 368 g/mol. The van der Waals surface area contributed by atoms with E-state index in [-0.39, 0.29) is 24.3 Å². The molecule has 2 aromatic carbocycles. The number of thiazole rings is 1. The van der Waals surface area contributed by atoms with Crippen LogP contribution in [0, 0.1) is 0 Å². The van der Waals surface area contributed by atoms with Crippen molar-refractivity contribution in [2.75, 3.05) is 6.54 Å². The first kappa shape index (κ1) is 18.4. The van der Waals surface area contributed by atoms with Crippen LogP contribution in [0.5, 0.6) is 0 Å². The van der Waals surface area contributed by atoms with Crippen molar-refractivity contribution < 1.29 is 14.3 Å². The van der Waals surface area contributed by atoms with Crippen LogP contribution in [0.3, 0.4) is 0 Å². The summed E-state index contributed by atoms with van der Waals surface area (Å²) < 4.78 is 7.07. The monoisotopic (exact) mass is 386 g/mol. The number of aromatic nitrogens is 1. The zero-order valence-electron chi connectivity index (χ0n) is 14.2.